The second kappa shape index (κ2) is 9.14. The lowest BCUT2D eigenvalue weighted by Crippen LogP contribution is -2.55. The summed E-state index contributed by atoms with van der Waals surface area (Å²) in [6.07, 6.45) is 1.79. The molecule has 2 saturated carbocycles. The number of hydrogen-bond donors (Lipinski definition) is 2. The molecule has 1 aliphatic heterocycles. The molecule has 31 heavy (non-hydrogen) atoms. The van der Waals surface area contributed by atoms with Gasteiger partial charge in [-0.2, -0.15) is 13.2 Å². The lowest BCUT2D eigenvalue weighted by Gasteiger charge is -2.52. The number of rotatable bonds is 4. The quantitative estimate of drug-likeness (QED) is 0.688. The zero-order valence-corrected chi connectivity index (χ0v) is 17.5. The minimum atomic E-state index is -5.08. The van der Waals surface area contributed by atoms with E-state index < -0.39 is 12.1 Å². The number of benzene rings is 1. The third-order valence-electron chi connectivity index (χ3n) is 6.52. The number of halogens is 4. The van der Waals surface area contributed by atoms with Crippen LogP contribution in [0.4, 0.5) is 17.6 Å². The fourth-order valence-electron chi connectivity index (χ4n) is 4.40. The predicted molar refractivity (Wildman–Crippen MR) is 106 cm³/mol. The van der Waals surface area contributed by atoms with E-state index >= 15 is 0 Å². The van der Waals surface area contributed by atoms with Crippen molar-refractivity contribution in [1.82, 2.24) is 10.2 Å². The number of nitrogens with one attached hydrogen (secondary N) is 1. The van der Waals surface area contributed by atoms with Crippen LogP contribution in [0.5, 0.6) is 0 Å². The highest BCUT2D eigenvalue weighted by Gasteiger charge is 2.47. The van der Waals surface area contributed by atoms with Crippen LogP contribution in [0.3, 0.4) is 0 Å². The van der Waals surface area contributed by atoms with Crippen molar-refractivity contribution in [2.75, 3.05) is 13.1 Å². The van der Waals surface area contributed by atoms with Crippen LogP contribution in [-0.2, 0) is 16.1 Å². The van der Waals surface area contributed by atoms with E-state index in [2.05, 4.69) is 17.1 Å². The number of carbonyl (C=O) groups excluding carboxylic acids is 1. The molecule has 0 unspecified atom stereocenters. The van der Waals surface area contributed by atoms with Crippen LogP contribution in [-0.4, -0.2) is 47.2 Å². The number of alkyl halides is 3. The Morgan fingerprint density at radius 3 is 2.29 bits per heavy atom. The highest BCUT2D eigenvalue weighted by molar-refractivity contribution is 5.81. The molecule has 5 nitrogen and oxygen atoms in total. The second-order valence-electron chi connectivity index (χ2n) is 9.04. The Bertz CT molecular complexity index is 807. The molecule has 0 bridgehead atoms. The average molecular weight is 444 g/mol. The van der Waals surface area contributed by atoms with Gasteiger partial charge in [0.05, 0.1) is 0 Å². The first kappa shape index (κ1) is 23.5. The van der Waals surface area contributed by atoms with Crippen molar-refractivity contribution in [2.45, 2.75) is 64.2 Å². The number of aryl methyl sites for hydroxylation is 1. The molecule has 1 spiro atoms. The number of carboxylic acids is 1. The minimum Gasteiger partial charge on any atom is -0.475 e. The Morgan fingerprint density at radius 2 is 1.77 bits per heavy atom. The molecular formula is C22H28F4N2O3. The van der Waals surface area contributed by atoms with Gasteiger partial charge < -0.3 is 10.4 Å². The van der Waals surface area contributed by atoms with Gasteiger partial charge in [0.1, 0.15) is 5.82 Å². The summed E-state index contributed by atoms with van der Waals surface area (Å²) in [5.41, 5.74) is 2.73. The molecule has 9 heteroatoms. The maximum Gasteiger partial charge on any atom is 0.490 e. The summed E-state index contributed by atoms with van der Waals surface area (Å²) >= 11 is 0. The molecular weight excluding hydrogens is 416 g/mol. The Labute approximate surface area is 178 Å². The number of amides is 1. The van der Waals surface area contributed by atoms with E-state index in [0.717, 1.165) is 50.9 Å². The lowest BCUT2D eigenvalue weighted by molar-refractivity contribution is -0.192. The van der Waals surface area contributed by atoms with Crippen molar-refractivity contribution < 1.29 is 32.3 Å². The largest absolute Gasteiger partial charge is 0.490 e. The molecule has 2 aliphatic carbocycles. The van der Waals surface area contributed by atoms with Gasteiger partial charge in [-0.1, -0.05) is 6.07 Å². The van der Waals surface area contributed by atoms with Crippen molar-refractivity contribution in [3.8, 4) is 0 Å². The van der Waals surface area contributed by atoms with E-state index in [1.807, 2.05) is 6.07 Å². The van der Waals surface area contributed by atoms with Crippen molar-refractivity contribution >= 4 is 11.9 Å². The molecule has 1 amide bonds. The van der Waals surface area contributed by atoms with Gasteiger partial charge in [0.15, 0.2) is 0 Å². The third kappa shape index (κ3) is 6.41. The number of hydrogen-bond acceptors (Lipinski definition) is 3. The summed E-state index contributed by atoms with van der Waals surface area (Å²) in [5.74, 6) is -2.29. The van der Waals surface area contributed by atoms with Gasteiger partial charge in [0.25, 0.3) is 0 Å². The average Bonchev–Trinajstić information content (AvgIpc) is 3.50. The van der Waals surface area contributed by atoms with Crippen LogP contribution in [0, 0.1) is 24.1 Å². The molecule has 3 fully saturated rings. The fraction of sp³-hybridized carbons (Fsp3) is 0.636. The first-order valence-corrected chi connectivity index (χ1v) is 10.6. The second-order valence-corrected chi connectivity index (χ2v) is 9.04. The van der Waals surface area contributed by atoms with Crippen LogP contribution in [0.15, 0.2) is 18.2 Å². The third-order valence-corrected chi connectivity index (χ3v) is 6.52. The molecule has 1 saturated heterocycles. The van der Waals surface area contributed by atoms with E-state index in [-0.39, 0.29) is 11.7 Å². The Hall–Kier alpha value is -2.16. The number of carbonyl (C=O) groups is 2. The van der Waals surface area contributed by atoms with Gasteiger partial charge in [-0.05, 0) is 87.2 Å². The molecule has 0 atom stereocenters. The van der Waals surface area contributed by atoms with E-state index in [0.29, 0.717) is 17.4 Å². The van der Waals surface area contributed by atoms with Gasteiger partial charge in [0, 0.05) is 18.5 Å². The molecule has 4 rings (SSSR count). The minimum absolute atomic E-state index is 0.141. The van der Waals surface area contributed by atoms with Gasteiger partial charge in [-0.25, -0.2) is 9.18 Å². The topological polar surface area (TPSA) is 69.6 Å². The standard InChI is InChI=1S/C20H27FN2O.C2HF3O2/c1-14-2-5-17(21)10-16(14)13-23-8-6-20(7-9-23)11-18(12-20)22-19(24)15-3-4-15;3-2(4,5)1(6)7/h2,5,10,15,18H,3-4,6-9,11-13H2,1H3,(H,22,24);(H,6,7). The monoisotopic (exact) mass is 444 g/mol. The molecule has 0 radical (unpaired) electrons. The fourth-order valence-corrected chi connectivity index (χ4v) is 4.40. The number of piperidine rings is 1. The zero-order chi connectivity index (χ0) is 22.8. The summed E-state index contributed by atoms with van der Waals surface area (Å²) in [7, 11) is 0. The molecule has 0 aromatic heterocycles. The van der Waals surface area contributed by atoms with Crippen LogP contribution >= 0.6 is 0 Å². The summed E-state index contributed by atoms with van der Waals surface area (Å²) in [4.78, 5) is 23.2. The number of likely N-dealkylation sites (tertiary alicyclic amines) is 1. The zero-order valence-electron chi connectivity index (χ0n) is 17.5. The van der Waals surface area contributed by atoms with E-state index in [9.17, 15) is 22.4 Å². The van der Waals surface area contributed by atoms with E-state index in [1.165, 1.54) is 24.5 Å². The molecule has 1 aromatic rings. The summed E-state index contributed by atoms with van der Waals surface area (Å²) in [5, 5.41) is 10.3. The van der Waals surface area contributed by atoms with Gasteiger partial charge >= 0.3 is 12.1 Å². The van der Waals surface area contributed by atoms with Crippen molar-refractivity contribution in [1.29, 1.82) is 0 Å². The SMILES string of the molecule is Cc1ccc(F)cc1CN1CCC2(CC1)CC(NC(=O)C1CC1)C2.O=C(O)C(F)(F)F. The van der Waals surface area contributed by atoms with Gasteiger partial charge in [-0.3, -0.25) is 9.69 Å². The number of carboxylic acid groups (broad SMARTS) is 1. The predicted octanol–water partition coefficient (Wildman–Crippen LogP) is 4.04. The number of nitrogens with zero attached hydrogens (tertiary/aromatic N) is 1. The summed E-state index contributed by atoms with van der Waals surface area (Å²) in [6, 6.07) is 5.49. The van der Waals surface area contributed by atoms with Gasteiger partial charge in [-0.15, -0.1) is 0 Å². The van der Waals surface area contributed by atoms with E-state index in [4.69, 9.17) is 9.90 Å². The Kier molecular flexibility index (Phi) is 6.93. The maximum absolute atomic E-state index is 13.4. The van der Waals surface area contributed by atoms with Crippen LogP contribution in [0.25, 0.3) is 0 Å². The van der Waals surface area contributed by atoms with Crippen molar-refractivity contribution in [3.63, 3.8) is 0 Å². The highest BCUT2D eigenvalue weighted by Crippen LogP contribution is 2.49. The first-order chi connectivity index (χ1) is 14.5. The highest BCUT2D eigenvalue weighted by atomic mass is 19.4. The normalized spacial score (nSPS) is 21.1. The first-order valence-electron chi connectivity index (χ1n) is 10.6. The van der Waals surface area contributed by atoms with Gasteiger partial charge in [0.2, 0.25) is 5.91 Å². The molecule has 172 valence electrons. The Morgan fingerprint density at radius 1 is 1.19 bits per heavy atom. The van der Waals surface area contributed by atoms with Crippen LogP contribution in [0.2, 0.25) is 0 Å². The molecule has 3 aliphatic rings. The maximum atomic E-state index is 13.4. The van der Waals surface area contributed by atoms with E-state index in [1.54, 1.807) is 6.07 Å². The number of aliphatic carboxylic acids is 1. The molecule has 2 N–H and O–H groups in total. The smallest absolute Gasteiger partial charge is 0.475 e. The summed E-state index contributed by atoms with van der Waals surface area (Å²) < 4.78 is 45.2. The van der Waals surface area contributed by atoms with Crippen molar-refractivity contribution in [2.24, 2.45) is 11.3 Å². The van der Waals surface area contributed by atoms with Crippen LogP contribution in [0.1, 0.15) is 49.7 Å². The lowest BCUT2D eigenvalue weighted by atomic mass is 9.60. The molecule has 1 heterocycles. The van der Waals surface area contributed by atoms with Crippen LogP contribution < -0.4 is 5.32 Å². The summed E-state index contributed by atoms with van der Waals surface area (Å²) in [6.45, 7) is 5.07. The molecule has 1 aromatic carbocycles. The Balaban J connectivity index is 0.000000339. The van der Waals surface area contributed by atoms with Crippen molar-refractivity contribution in [3.05, 3.63) is 35.1 Å².